The third-order valence-electron chi connectivity index (χ3n) is 6.68. The molecule has 0 fully saturated rings. The van der Waals surface area contributed by atoms with Crippen molar-refractivity contribution in [2.24, 2.45) is 11.5 Å². The highest BCUT2D eigenvalue weighted by molar-refractivity contribution is 6.11. The van der Waals surface area contributed by atoms with Crippen LogP contribution < -0.4 is 21.7 Å². The molecule has 0 spiro atoms. The van der Waals surface area contributed by atoms with Crippen LogP contribution in [0.2, 0.25) is 0 Å². The summed E-state index contributed by atoms with van der Waals surface area (Å²) in [5.74, 6) is -2.25. The van der Waals surface area contributed by atoms with Gasteiger partial charge in [-0.2, -0.15) is 0 Å². The Kier molecular flexibility index (Phi) is 10.4. The molecule has 10 nitrogen and oxygen atoms in total. The van der Waals surface area contributed by atoms with Crippen molar-refractivity contribution in [1.29, 1.82) is 0 Å². The first-order chi connectivity index (χ1) is 18.3. The van der Waals surface area contributed by atoms with Gasteiger partial charge in [-0.05, 0) is 49.6 Å². The second kappa shape index (κ2) is 13.7. The van der Waals surface area contributed by atoms with Gasteiger partial charge in [0.2, 0.25) is 5.91 Å². The Hall–Kier alpha value is -3.76. The lowest BCUT2D eigenvalue weighted by Crippen LogP contribution is -2.42. The Labute approximate surface area is 223 Å². The van der Waals surface area contributed by atoms with Crippen molar-refractivity contribution in [3.05, 3.63) is 59.2 Å². The van der Waals surface area contributed by atoms with Crippen LogP contribution in [0, 0.1) is 0 Å². The van der Waals surface area contributed by atoms with Crippen LogP contribution in [0.25, 0.3) is 0 Å². The number of rotatable bonds is 13. The highest BCUT2D eigenvalue weighted by Gasteiger charge is 2.40. The standard InChI is InChI=1S/C28H37N5O5/c1-32-23-12-11-19(8-4-2-3-7-15-29)18-21(23)27(37)33(17-14-25(35)36)26(28(32)38)20-9-5-6-10-22(20)31-24(34)13-16-30/h5-6,9-12,18,26H,2-4,7-8,13-17,29-30H2,1H3,(H,31,34)(H,35,36). The summed E-state index contributed by atoms with van der Waals surface area (Å²) >= 11 is 0. The van der Waals surface area contributed by atoms with E-state index in [9.17, 15) is 24.3 Å². The summed E-state index contributed by atoms with van der Waals surface area (Å²) in [4.78, 5) is 54.4. The maximum absolute atomic E-state index is 14.0. The first-order valence-electron chi connectivity index (χ1n) is 13.0. The molecular weight excluding hydrogens is 486 g/mol. The summed E-state index contributed by atoms with van der Waals surface area (Å²) < 4.78 is 0. The van der Waals surface area contributed by atoms with Crippen LogP contribution in [-0.2, 0) is 20.8 Å². The van der Waals surface area contributed by atoms with E-state index in [0.717, 1.165) is 37.7 Å². The topological polar surface area (TPSA) is 159 Å². The number of anilines is 2. The van der Waals surface area contributed by atoms with E-state index in [1.165, 1.54) is 9.80 Å². The number of hydrogen-bond acceptors (Lipinski definition) is 6. The summed E-state index contributed by atoms with van der Waals surface area (Å²) in [7, 11) is 1.60. The average molecular weight is 524 g/mol. The maximum Gasteiger partial charge on any atom is 0.305 e. The number of nitrogens with two attached hydrogens (primary N) is 2. The van der Waals surface area contributed by atoms with Gasteiger partial charge in [-0.1, -0.05) is 37.1 Å². The summed E-state index contributed by atoms with van der Waals surface area (Å²) in [5, 5.41) is 12.2. The predicted molar refractivity (Wildman–Crippen MR) is 146 cm³/mol. The molecule has 3 rings (SSSR count). The molecular formula is C28H37N5O5. The van der Waals surface area contributed by atoms with Gasteiger partial charge in [-0.25, -0.2) is 0 Å². The molecule has 1 unspecified atom stereocenters. The van der Waals surface area contributed by atoms with Gasteiger partial charge >= 0.3 is 5.97 Å². The molecule has 204 valence electrons. The zero-order valence-corrected chi connectivity index (χ0v) is 21.8. The number of carboxylic acid groups (broad SMARTS) is 1. The first kappa shape index (κ1) is 28.8. The van der Waals surface area contributed by atoms with Gasteiger partial charge in [0.25, 0.3) is 11.8 Å². The molecule has 1 atom stereocenters. The van der Waals surface area contributed by atoms with Crippen LogP contribution in [0.5, 0.6) is 0 Å². The third kappa shape index (κ3) is 6.96. The molecule has 1 aliphatic rings. The van der Waals surface area contributed by atoms with Gasteiger partial charge in [0.05, 0.1) is 17.7 Å². The second-order valence-electron chi connectivity index (χ2n) is 9.42. The Morgan fingerprint density at radius 3 is 2.42 bits per heavy atom. The van der Waals surface area contributed by atoms with Crippen LogP contribution in [0.15, 0.2) is 42.5 Å². The number of carboxylic acids is 1. The van der Waals surface area contributed by atoms with Crippen molar-refractivity contribution in [3.8, 4) is 0 Å². The molecule has 38 heavy (non-hydrogen) atoms. The number of aryl methyl sites for hydroxylation is 1. The largest absolute Gasteiger partial charge is 0.481 e. The van der Waals surface area contributed by atoms with Gasteiger partial charge in [-0.15, -0.1) is 0 Å². The van der Waals surface area contributed by atoms with E-state index in [1.54, 1.807) is 43.4 Å². The number of hydrogen-bond donors (Lipinski definition) is 4. The van der Waals surface area contributed by atoms with Crippen molar-refractivity contribution >= 4 is 35.1 Å². The van der Waals surface area contributed by atoms with E-state index in [2.05, 4.69) is 5.32 Å². The zero-order valence-electron chi connectivity index (χ0n) is 21.8. The highest BCUT2D eigenvalue weighted by Crippen LogP contribution is 2.37. The van der Waals surface area contributed by atoms with Crippen molar-refractivity contribution < 1.29 is 24.3 Å². The predicted octanol–water partition coefficient (Wildman–Crippen LogP) is 2.67. The van der Waals surface area contributed by atoms with Crippen LogP contribution >= 0.6 is 0 Å². The number of unbranched alkanes of at least 4 members (excludes halogenated alkanes) is 3. The summed E-state index contributed by atoms with van der Waals surface area (Å²) in [5.41, 5.74) is 13.6. The minimum Gasteiger partial charge on any atom is -0.481 e. The van der Waals surface area contributed by atoms with Crippen molar-refractivity contribution in [2.75, 3.05) is 36.9 Å². The number of para-hydroxylation sites is 1. The third-order valence-corrected chi connectivity index (χ3v) is 6.68. The van der Waals surface area contributed by atoms with Crippen LogP contribution in [-0.4, -0.2) is 60.4 Å². The Morgan fingerprint density at radius 2 is 1.71 bits per heavy atom. The quantitative estimate of drug-likeness (QED) is 0.294. The molecule has 0 aromatic heterocycles. The van der Waals surface area contributed by atoms with E-state index < -0.39 is 23.8 Å². The number of nitrogens with zero attached hydrogens (tertiary/aromatic N) is 2. The number of amides is 3. The van der Waals surface area contributed by atoms with Gasteiger partial charge in [0.15, 0.2) is 0 Å². The molecule has 0 aliphatic carbocycles. The van der Waals surface area contributed by atoms with Crippen LogP contribution in [0.4, 0.5) is 11.4 Å². The minimum atomic E-state index is -1.13. The fourth-order valence-electron chi connectivity index (χ4n) is 4.68. The summed E-state index contributed by atoms with van der Waals surface area (Å²) in [6, 6.07) is 11.1. The van der Waals surface area contributed by atoms with Crippen molar-refractivity contribution in [3.63, 3.8) is 0 Å². The van der Waals surface area contributed by atoms with Crippen molar-refractivity contribution in [1.82, 2.24) is 4.90 Å². The normalized spacial score (nSPS) is 15.3. The maximum atomic E-state index is 14.0. The number of carbonyl (C=O) groups excluding carboxylic acids is 3. The number of fused-ring (bicyclic) bond motifs is 1. The van der Waals surface area contributed by atoms with E-state index >= 15 is 0 Å². The molecule has 0 radical (unpaired) electrons. The van der Waals surface area contributed by atoms with E-state index in [4.69, 9.17) is 11.5 Å². The smallest absolute Gasteiger partial charge is 0.305 e. The van der Waals surface area contributed by atoms with Crippen molar-refractivity contribution in [2.45, 2.75) is 51.0 Å². The van der Waals surface area contributed by atoms with E-state index in [1.807, 2.05) is 6.07 Å². The summed E-state index contributed by atoms with van der Waals surface area (Å²) in [6.45, 7) is 0.653. The Balaban J connectivity index is 2.02. The lowest BCUT2D eigenvalue weighted by molar-refractivity contribution is -0.137. The second-order valence-corrected chi connectivity index (χ2v) is 9.42. The van der Waals surface area contributed by atoms with Gasteiger partial charge in [-0.3, -0.25) is 19.2 Å². The Bertz CT molecular complexity index is 1170. The molecule has 6 N–H and O–H groups in total. The lowest BCUT2D eigenvalue weighted by atomic mass is 10.0. The van der Waals surface area contributed by atoms with Gasteiger partial charge < -0.3 is 31.7 Å². The molecule has 2 aromatic rings. The average Bonchev–Trinajstić information content (AvgIpc) is 2.97. The molecule has 2 aromatic carbocycles. The Morgan fingerprint density at radius 1 is 0.974 bits per heavy atom. The fourth-order valence-corrected chi connectivity index (χ4v) is 4.68. The number of likely N-dealkylation sites (N-methyl/N-ethyl adjacent to an activating group) is 1. The minimum absolute atomic E-state index is 0.0922. The molecule has 3 amide bonds. The number of carbonyl (C=O) groups is 4. The fraction of sp³-hybridized carbons (Fsp3) is 0.429. The summed E-state index contributed by atoms with van der Waals surface area (Å²) in [6.07, 6.45) is 4.53. The molecule has 0 saturated heterocycles. The molecule has 1 aliphatic heterocycles. The number of benzene rings is 2. The van der Waals surface area contributed by atoms with Gasteiger partial charge in [0, 0.05) is 37.8 Å². The highest BCUT2D eigenvalue weighted by atomic mass is 16.4. The lowest BCUT2D eigenvalue weighted by Gasteiger charge is -2.31. The van der Waals surface area contributed by atoms with Crippen LogP contribution in [0.3, 0.4) is 0 Å². The monoisotopic (exact) mass is 523 g/mol. The van der Waals surface area contributed by atoms with E-state index in [0.29, 0.717) is 29.0 Å². The first-order valence-corrected chi connectivity index (χ1v) is 13.0. The number of nitrogens with one attached hydrogen (secondary N) is 1. The molecule has 10 heteroatoms. The number of aliphatic carboxylic acids is 1. The molecule has 1 heterocycles. The van der Waals surface area contributed by atoms with Crippen LogP contribution in [0.1, 0.15) is 66.1 Å². The molecule has 0 saturated carbocycles. The molecule has 0 bridgehead atoms. The van der Waals surface area contributed by atoms with Gasteiger partial charge in [0.1, 0.15) is 6.04 Å². The zero-order chi connectivity index (χ0) is 27.7. The SMILES string of the molecule is CN1C(=O)C(c2ccccc2NC(=O)CCN)N(CCC(=O)O)C(=O)c2cc(CCCCCCN)ccc21. The van der Waals surface area contributed by atoms with E-state index in [-0.39, 0.29) is 31.8 Å².